The first-order valence-corrected chi connectivity index (χ1v) is 13.4. The van der Waals surface area contributed by atoms with Gasteiger partial charge in [-0.2, -0.15) is 0 Å². The molecule has 2 aliphatic heterocycles. The summed E-state index contributed by atoms with van der Waals surface area (Å²) in [6, 6.07) is 10.4. The van der Waals surface area contributed by atoms with Gasteiger partial charge in [0.2, 0.25) is 5.76 Å². The highest BCUT2D eigenvalue weighted by atomic mass is 32.2. The summed E-state index contributed by atoms with van der Waals surface area (Å²) in [7, 11) is -3.24. The second-order valence-electron chi connectivity index (χ2n) is 10.7. The quantitative estimate of drug-likeness (QED) is 0.543. The number of sulfone groups is 1. The Morgan fingerprint density at radius 3 is 2.29 bits per heavy atom. The minimum absolute atomic E-state index is 0.0265. The maximum atomic E-state index is 13.8. The normalized spacial score (nSPS) is 21.9. The zero-order valence-electron chi connectivity index (χ0n) is 20.1. The molecule has 0 N–H and O–H groups in total. The van der Waals surface area contributed by atoms with Crippen LogP contribution in [0.15, 0.2) is 45.6 Å². The van der Waals surface area contributed by atoms with Crippen LogP contribution in [0.5, 0.6) is 0 Å². The number of carbonyl (C=O) groups is 1. The number of carbonyl (C=O) groups excluding carboxylic acids is 1. The summed E-state index contributed by atoms with van der Waals surface area (Å²) in [5, 5.41) is 0.446. The molecule has 1 amide bonds. The number of amides is 1. The number of fused-ring (bicyclic) bond motifs is 2. The van der Waals surface area contributed by atoms with E-state index in [1.807, 2.05) is 44.2 Å². The monoisotopic (exact) mass is 479 g/mol. The lowest BCUT2D eigenvalue weighted by Gasteiger charge is -2.30. The second-order valence-corrected chi connectivity index (χ2v) is 12.9. The smallest absolute Gasteiger partial charge is 0.291 e. The zero-order chi connectivity index (χ0) is 24.6. The molecule has 2 unspecified atom stereocenters. The molecule has 0 aliphatic carbocycles. The molecule has 6 nitrogen and oxygen atoms in total. The minimum atomic E-state index is -3.24. The van der Waals surface area contributed by atoms with Crippen molar-refractivity contribution in [3.8, 4) is 0 Å². The summed E-state index contributed by atoms with van der Waals surface area (Å²) in [6.07, 6.45) is 0.352. The number of hydrogen-bond donors (Lipinski definition) is 0. The Morgan fingerprint density at radius 2 is 1.71 bits per heavy atom. The summed E-state index contributed by atoms with van der Waals surface area (Å²) < 4.78 is 30.7. The topological polar surface area (TPSA) is 84.7 Å². The molecule has 1 fully saturated rings. The molecule has 1 saturated heterocycles. The van der Waals surface area contributed by atoms with Crippen LogP contribution >= 0.6 is 0 Å². The third kappa shape index (κ3) is 3.57. The van der Waals surface area contributed by atoms with E-state index in [9.17, 15) is 18.0 Å². The largest absolute Gasteiger partial charge is 0.450 e. The summed E-state index contributed by atoms with van der Waals surface area (Å²) in [5.74, 6) is -0.454. The van der Waals surface area contributed by atoms with Gasteiger partial charge in [-0.1, -0.05) is 51.1 Å². The Hall–Kier alpha value is -2.93. The van der Waals surface area contributed by atoms with Gasteiger partial charge in [-0.05, 0) is 54.0 Å². The van der Waals surface area contributed by atoms with Crippen molar-refractivity contribution in [2.24, 2.45) is 0 Å². The predicted molar refractivity (Wildman–Crippen MR) is 132 cm³/mol. The second kappa shape index (κ2) is 7.54. The Morgan fingerprint density at radius 1 is 1.03 bits per heavy atom. The van der Waals surface area contributed by atoms with Crippen LogP contribution < -0.4 is 5.43 Å². The fourth-order valence-electron chi connectivity index (χ4n) is 5.31. The highest BCUT2D eigenvalue weighted by Gasteiger charge is 2.48. The SMILES string of the molecule is Cc1cc(C)c2oc3c(c(=O)c2c1)C(c1ccc(C(C)(C)C)cc1)N(C1CCS(=O)(=O)C1)C3=O. The van der Waals surface area contributed by atoms with Crippen molar-refractivity contribution in [3.05, 3.63) is 80.2 Å². The molecule has 2 atom stereocenters. The van der Waals surface area contributed by atoms with Crippen LogP contribution in [-0.4, -0.2) is 36.8 Å². The van der Waals surface area contributed by atoms with Gasteiger partial charge in [-0.15, -0.1) is 0 Å². The molecule has 178 valence electrons. The van der Waals surface area contributed by atoms with E-state index in [4.69, 9.17) is 4.42 Å². The Bertz CT molecular complexity index is 1490. The lowest BCUT2D eigenvalue weighted by atomic mass is 9.85. The van der Waals surface area contributed by atoms with Gasteiger partial charge in [0.05, 0.1) is 28.5 Å². The van der Waals surface area contributed by atoms with E-state index in [1.165, 1.54) is 0 Å². The molecule has 5 rings (SSSR count). The van der Waals surface area contributed by atoms with E-state index in [2.05, 4.69) is 20.8 Å². The fourth-order valence-corrected chi connectivity index (χ4v) is 7.02. The average molecular weight is 480 g/mol. The molecule has 0 saturated carbocycles. The standard InChI is InChI=1S/C27H29NO5S/c1-15-12-16(2)24-20(13-15)23(29)21-22(17-6-8-18(9-7-17)27(3,4)5)28(26(30)25(21)33-24)19-10-11-34(31,32)14-19/h6-9,12-13,19,22H,10-11,14H2,1-5H3. The Kier molecular flexibility index (Phi) is 5.06. The van der Waals surface area contributed by atoms with Crippen LogP contribution in [0.4, 0.5) is 0 Å². The van der Waals surface area contributed by atoms with Gasteiger partial charge in [0.1, 0.15) is 5.58 Å². The van der Waals surface area contributed by atoms with Gasteiger partial charge in [0, 0.05) is 6.04 Å². The van der Waals surface area contributed by atoms with Crippen LogP contribution in [0.2, 0.25) is 0 Å². The van der Waals surface area contributed by atoms with E-state index in [0.29, 0.717) is 23.0 Å². The maximum absolute atomic E-state index is 13.8. The Balaban J connectivity index is 1.75. The van der Waals surface area contributed by atoms with Crippen molar-refractivity contribution in [1.82, 2.24) is 4.90 Å². The van der Waals surface area contributed by atoms with Crippen molar-refractivity contribution in [3.63, 3.8) is 0 Å². The van der Waals surface area contributed by atoms with Crippen LogP contribution in [0.25, 0.3) is 11.0 Å². The van der Waals surface area contributed by atoms with Crippen LogP contribution in [0.3, 0.4) is 0 Å². The zero-order valence-corrected chi connectivity index (χ0v) is 21.0. The molecular formula is C27H29NO5S. The number of rotatable bonds is 2. The van der Waals surface area contributed by atoms with Crippen molar-refractivity contribution >= 4 is 26.7 Å². The highest BCUT2D eigenvalue weighted by Crippen LogP contribution is 2.42. The summed E-state index contributed by atoms with van der Waals surface area (Å²) >= 11 is 0. The van der Waals surface area contributed by atoms with Gasteiger partial charge >= 0.3 is 0 Å². The lowest BCUT2D eigenvalue weighted by Crippen LogP contribution is -2.40. The van der Waals surface area contributed by atoms with Gasteiger partial charge in [-0.25, -0.2) is 8.42 Å². The fraction of sp³-hybridized carbons (Fsp3) is 0.407. The van der Waals surface area contributed by atoms with E-state index in [1.54, 1.807) is 11.0 Å². The number of benzene rings is 2. The molecule has 1 aromatic heterocycles. The van der Waals surface area contributed by atoms with Gasteiger partial charge in [0.15, 0.2) is 15.3 Å². The van der Waals surface area contributed by atoms with Crippen molar-refractivity contribution in [2.45, 2.75) is 58.5 Å². The molecule has 2 aliphatic rings. The number of nitrogens with zero attached hydrogens (tertiary/aromatic N) is 1. The number of hydrogen-bond acceptors (Lipinski definition) is 5. The molecule has 0 radical (unpaired) electrons. The minimum Gasteiger partial charge on any atom is -0.450 e. The molecule has 34 heavy (non-hydrogen) atoms. The Labute approximate surface area is 199 Å². The third-order valence-corrected chi connectivity index (χ3v) is 8.78. The van der Waals surface area contributed by atoms with Crippen molar-refractivity contribution < 1.29 is 17.6 Å². The summed E-state index contributed by atoms with van der Waals surface area (Å²) in [6.45, 7) is 10.1. The van der Waals surface area contributed by atoms with Gasteiger partial charge in [-0.3, -0.25) is 9.59 Å². The first-order valence-electron chi connectivity index (χ1n) is 11.6. The molecule has 2 aromatic carbocycles. The summed E-state index contributed by atoms with van der Waals surface area (Å²) in [5.41, 5.74) is 4.06. The first kappa shape index (κ1) is 22.8. The summed E-state index contributed by atoms with van der Waals surface area (Å²) in [4.78, 5) is 29.1. The number of aryl methyl sites for hydroxylation is 2. The van der Waals surface area contributed by atoms with E-state index in [0.717, 1.165) is 22.3 Å². The average Bonchev–Trinajstić information content (AvgIpc) is 3.25. The molecule has 3 heterocycles. The van der Waals surface area contributed by atoms with Crippen LogP contribution in [0, 0.1) is 13.8 Å². The van der Waals surface area contributed by atoms with Crippen molar-refractivity contribution in [1.29, 1.82) is 0 Å². The lowest BCUT2D eigenvalue weighted by molar-refractivity contribution is 0.0662. The van der Waals surface area contributed by atoms with Gasteiger partial charge < -0.3 is 9.32 Å². The van der Waals surface area contributed by atoms with E-state index in [-0.39, 0.29) is 28.1 Å². The molecule has 7 heteroatoms. The maximum Gasteiger partial charge on any atom is 0.291 e. The van der Waals surface area contributed by atoms with Crippen LogP contribution in [-0.2, 0) is 15.3 Å². The molecule has 0 bridgehead atoms. The molecule has 0 spiro atoms. The van der Waals surface area contributed by atoms with E-state index >= 15 is 0 Å². The first-order chi connectivity index (χ1) is 15.9. The third-order valence-electron chi connectivity index (χ3n) is 7.03. The van der Waals surface area contributed by atoms with Crippen molar-refractivity contribution in [2.75, 3.05) is 11.5 Å². The van der Waals surface area contributed by atoms with Gasteiger partial charge in [0.25, 0.3) is 5.91 Å². The predicted octanol–water partition coefficient (Wildman–Crippen LogP) is 4.44. The van der Waals surface area contributed by atoms with Crippen LogP contribution in [0.1, 0.15) is 71.6 Å². The molecular weight excluding hydrogens is 450 g/mol. The highest BCUT2D eigenvalue weighted by molar-refractivity contribution is 7.91. The molecule has 3 aromatic rings. The van der Waals surface area contributed by atoms with E-state index < -0.39 is 27.8 Å².